The Bertz CT molecular complexity index is 318. The lowest BCUT2D eigenvalue weighted by molar-refractivity contribution is -0.136. The molecular weight excluding hydrogens is 188 g/mol. The van der Waals surface area contributed by atoms with E-state index in [1.54, 1.807) is 0 Å². The summed E-state index contributed by atoms with van der Waals surface area (Å²) in [6.45, 7) is 0. The summed E-state index contributed by atoms with van der Waals surface area (Å²) in [4.78, 5) is 18.1. The second-order valence-electron chi connectivity index (χ2n) is 2.46. The number of hydrogen-bond donors (Lipinski definition) is 1. The Morgan fingerprint density at radius 3 is 2.64 bits per heavy atom. The number of aromatic nitrogens is 2. The van der Waals surface area contributed by atoms with Crippen LogP contribution in [-0.4, -0.2) is 35.3 Å². The Morgan fingerprint density at radius 2 is 2.14 bits per heavy atom. The summed E-state index contributed by atoms with van der Waals surface area (Å²) in [5, 5.41) is 8.55. The maximum Gasteiger partial charge on any atom is 0.319 e. The van der Waals surface area contributed by atoms with Gasteiger partial charge < -0.3 is 14.6 Å². The van der Waals surface area contributed by atoms with Gasteiger partial charge in [0.05, 0.1) is 26.3 Å². The molecule has 6 nitrogen and oxygen atoms in total. The molecule has 1 aromatic heterocycles. The van der Waals surface area contributed by atoms with Gasteiger partial charge in [0.1, 0.15) is 0 Å². The first-order valence-electron chi connectivity index (χ1n) is 3.83. The predicted octanol–water partition coefficient (Wildman–Crippen LogP) is 0.121. The van der Waals surface area contributed by atoms with Gasteiger partial charge in [0.15, 0.2) is 0 Å². The van der Waals surface area contributed by atoms with Crippen LogP contribution < -0.4 is 9.47 Å². The summed E-state index contributed by atoms with van der Waals surface area (Å²) < 4.78 is 9.64. The molecule has 14 heavy (non-hydrogen) atoms. The summed E-state index contributed by atoms with van der Waals surface area (Å²) in [5.74, 6) is -0.680. The lowest BCUT2D eigenvalue weighted by Gasteiger charge is -2.03. The molecule has 6 heteroatoms. The first kappa shape index (κ1) is 10.2. The number of methoxy groups -OCH3 is 2. The van der Waals surface area contributed by atoms with Crippen molar-refractivity contribution in [3.05, 3.63) is 11.8 Å². The van der Waals surface area contributed by atoms with E-state index in [2.05, 4.69) is 9.97 Å². The van der Waals surface area contributed by atoms with Crippen molar-refractivity contribution in [1.82, 2.24) is 9.97 Å². The first-order chi connectivity index (χ1) is 6.65. The molecule has 1 aromatic rings. The van der Waals surface area contributed by atoms with Crippen LogP contribution in [0, 0.1) is 0 Å². The second kappa shape index (κ2) is 4.40. The number of hydrogen-bond acceptors (Lipinski definition) is 5. The van der Waals surface area contributed by atoms with Crippen LogP contribution in [0.1, 0.15) is 5.69 Å². The van der Waals surface area contributed by atoms with Crippen LogP contribution in [0.3, 0.4) is 0 Å². The van der Waals surface area contributed by atoms with Gasteiger partial charge in [-0.15, -0.1) is 0 Å². The highest BCUT2D eigenvalue weighted by molar-refractivity contribution is 5.69. The third-order valence-corrected chi connectivity index (χ3v) is 1.46. The quantitative estimate of drug-likeness (QED) is 0.740. The molecule has 0 radical (unpaired) electrons. The number of ether oxygens (including phenoxy) is 2. The van der Waals surface area contributed by atoms with Crippen molar-refractivity contribution in [2.75, 3.05) is 14.2 Å². The maximum absolute atomic E-state index is 10.4. The zero-order chi connectivity index (χ0) is 10.6. The Kier molecular flexibility index (Phi) is 3.22. The zero-order valence-corrected chi connectivity index (χ0v) is 7.85. The Hall–Kier alpha value is -1.85. The van der Waals surface area contributed by atoms with E-state index < -0.39 is 5.97 Å². The molecule has 1 heterocycles. The molecule has 0 aliphatic heterocycles. The van der Waals surface area contributed by atoms with Gasteiger partial charge in [-0.2, -0.15) is 9.97 Å². The topological polar surface area (TPSA) is 81.5 Å². The molecule has 0 spiro atoms. The lowest BCUT2D eigenvalue weighted by atomic mass is 10.3. The Balaban J connectivity index is 2.98. The normalized spacial score (nSPS) is 9.57. The van der Waals surface area contributed by atoms with Crippen molar-refractivity contribution in [1.29, 1.82) is 0 Å². The smallest absolute Gasteiger partial charge is 0.319 e. The average molecular weight is 198 g/mol. The number of aliphatic carboxylic acids is 1. The highest BCUT2D eigenvalue weighted by atomic mass is 16.5. The summed E-state index contributed by atoms with van der Waals surface area (Å²) in [6.07, 6.45) is -0.185. The van der Waals surface area contributed by atoms with Gasteiger partial charge in [0, 0.05) is 6.07 Å². The van der Waals surface area contributed by atoms with Crippen LogP contribution in [0.5, 0.6) is 11.9 Å². The summed E-state index contributed by atoms with van der Waals surface area (Å²) in [5.41, 5.74) is 0.348. The van der Waals surface area contributed by atoms with Gasteiger partial charge in [-0.1, -0.05) is 0 Å². The molecule has 76 valence electrons. The molecule has 1 rings (SSSR count). The van der Waals surface area contributed by atoms with Crippen molar-refractivity contribution in [3.8, 4) is 11.9 Å². The highest BCUT2D eigenvalue weighted by Crippen LogP contribution is 2.13. The fourth-order valence-corrected chi connectivity index (χ4v) is 0.891. The molecule has 0 aliphatic carbocycles. The fraction of sp³-hybridized carbons (Fsp3) is 0.375. The van der Waals surface area contributed by atoms with Gasteiger partial charge in [0.25, 0.3) is 0 Å². The minimum atomic E-state index is -0.965. The van der Waals surface area contributed by atoms with Crippen LogP contribution >= 0.6 is 0 Å². The third-order valence-electron chi connectivity index (χ3n) is 1.46. The van der Waals surface area contributed by atoms with E-state index in [1.165, 1.54) is 20.3 Å². The molecular formula is C8H10N2O4. The van der Waals surface area contributed by atoms with Crippen LogP contribution in [0.25, 0.3) is 0 Å². The van der Waals surface area contributed by atoms with E-state index in [9.17, 15) is 4.79 Å². The van der Waals surface area contributed by atoms with Gasteiger partial charge in [-0.05, 0) is 0 Å². The number of carbonyl (C=O) groups is 1. The van der Waals surface area contributed by atoms with E-state index in [4.69, 9.17) is 14.6 Å². The summed E-state index contributed by atoms with van der Waals surface area (Å²) >= 11 is 0. The van der Waals surface area contributed by atoms with Crippen LogP contribution in [-0.2, 0) is 11.2 Å². The lowest BCUT2D eigenvalue weighted by Crippen LogP contribution is -2.05. The molecule has 0 saturated carbocycles. The number of carboxylic acids is 1. The minimum absolute atomic E-state index is 0.0978. The molecule has 0 saturated heterocycles. The van der Waals surface area contributed by atoms with Crippen molar-refractivity contribution in [2.45, 2.75) is 6.42 Å². The zero-order valence-electron chi connectivity index (χ0n) is 7.85. The van der Waals surface area contributed by atoms with Crippen LogP contribution in [0.2, 0.25) is 0 Å². The average Bonchev–Trinajstić information content (AvgIpc) is 2.16. The van der Waals surface area contributed by atoms with Crippen molar-refractivity contribution in [3.63, 3.8) is 0 Å². The van der Waals surface area contributed by atoms with Crippen molar-refractivity contribution < 1.29 is 19.4 Å². The van der Waals surface area contributed by atoms with Crippen LogP contribution in [0.15, 0.2) is 6.07 Å². The first-order valence-corrected chi connectivity index (χ1v) is 3.83. The number of rotatable bonds is 4. The predicted molar refractivity (Wildman–Crippen MR) is 46.5 cm³/mol. The van der Waals surface area contributed by atoms with Gasteiger partial charge in [-0.25, -0.2) is 0 Å². The molecule has 0 atom stereocenters. The van der Waals surface area contributed by atoms with E-state index in [1.807, 2.05) is 0 Å². The summed E-state index contributed by atoms with van der Waals surface area (Å²) in [6, 6.07) is 1.55. The molecule has 0 bridgehead atoms. The monoisotopic (exact) mass is 198 g/mol. The highest BCUT2D eigenvalue weighted by Gasteiger charge is 2.08. The minimum Gasteiger partial charge on any atom is -0.481 e. The largest absolute Gasteiger partial charge is 0.481 e. The Labute approximate surface area is 80.5 Å². The van der Waals surface area contributed by atoms with E-state index in [0.29, 0.717) is 5.69 Å². The Morgan fingerprint density at radius 1 is 1.43 bits per heavy atom. The van der Waals surface area contributed by atoms with Crippen molar-refractivity contribution >= 4 is 5.97 Å². The summed E-state index contributed by atoms with van der Waals surface area (Å²) in [7, 11) is 2.84. The molecule has 1 N–H and O–H groups in total. The molecule has 0 fully saturated rings. The SMILES string of the molecule is COc1cc(CC(=O)O)nc(OC)n1. The van der Waals surface area contributed by atoms with E-state index >= 15 is 0 Å². The second-order valence-corrected chi connectivity index (χ2v) is 2.46. The maximum atomic E-state index is 10.4. The molecule has 0 amide bonds. The fourth-order valence-electron chi connectivity index (χ4n) is 0.891. The number of nitrogens with zero attached hydrogens (tertiary/aromatic N) is 2. The van der Waals surface area contributed by atoms with E-state index in [-0.39, 0.29) is 18.3 Å². The number of carboxylic acid groups (broad SMARTS) is 1. The molecule has 0 aliphatic rings. The third kappa shape index (κ3) is 2.58. The molecule has 0 aromatic carbocycles. The van der Waals surface area contributed by atoms with Crippen LogP contribution in [0.4, 0.5) is 0 Å². The standard InChI is InChI=1S/C8H10N2O4/c1-13-6-3-5(4-7(11)12)9-8(10-6)14-2/h3H,4H2,1-2H3,(H,11,12). The van der Waals surface area contributed by atoms with Gasteiger partial charge >= 0.3 is 12.0 Å². The van der Waals surface area contributed by atoms with Gasteiger partial charge in [-0.3, -0.25) is 4.79 Å². The van der Waals surface area contributed by atoms with Crippen molar-refractivity contribution in [2.24, 2.45) is 0 Å². The van der Waals surface area contributed by atoms with Gasteiger partial charge in [0.2, 0.25) is 5.88 Å². The molecule has 0 unspecified atom stereocenters. The van der Waals surface area contributed by atoms with E-state index in [0.717, 1.165) is 0 Å².